The molecule has 0 amide bonds. The number of carboxylic acids is 2. The van der Waals surface area contributed by atoms with Crippen LogP contribution in [-0.4, -0.2) is 149 Å². The summed E-state index contributed by atoms with van der Waals surface area (Å²) in [7, 11) is 3.27. The summed E-state index contributed by atoms with van der Waals surface area (Å²) in [4.78, 5) is 43.2. The van der Waals surface area contributed by atoms with Gasteiger partial charge in [-0.25, -0.2) is 9.97 Å². The number of benzene rings is 1. The number of fused-ring (bicyclic) bond motifs is 7. The van der Waals surface area contributed by atoms with Gasteiger partial charge in [0, 0.05) is 51.5 Å². The van der Waals surface area contributed by atoms with E-state index in [9.17, 15) is 10.2 Å². The SMILES string of the molecule is CC(=O)[O-].CC(=O)[O-].CCc1c(CC)c2cc3nc(cnc4cc(OCCOCCOCCOC)c(OCCOCCOCCOC)cc4ncc4nc(cc1[n-]2)C(CCCO)=C4C)C(C)=C3CCCO.[Nd+3]. The second-order valence-corrected chi connectivity index (χ2v) is 15.9. The second kappa shape index (κ2) is 36.6. The third-order valence-electron chi connectivity index (χ3n) is 10.7. The summed E-state index contributed by atoms with van der Waals surface area (Å²) in [5, 5.41) is 37.5. The first-order valence-corrected chi connectivity index (χ1v) is 23.9. The molecule has 2 N–H and O–H groups in total. The number of rotatable bonds is 28. The van der Waals surface area contributed by atoms with E-state index in [0.29, 0.717) is 126 Å². The molecule has 20 heteroatoms. The minimum Gasteiger partial charge on any atom is -0.657 e. The average Bonchev–Trinajstić information content (AvgIpc) is 3.94. The summed E-state index contributed by atoms with van der Waals surface area (Å²) in [5.74, 6) is -1.25. The van der Waals surface area contributed by atoms with Gasteiger partial charge in [0.05, 0.1) is 112 Å². The molecule has 0 unspecified atom stereocenters. The van der Waals surface area contributed by atoms with Gasteiger partial charge >= 0.3 is 40.8 Å². The smallest absolute Gasteiger partial charge is 0.657 e. The van der Waals surface area contributed by atoms with Crippen LogP contribution >= 0.6 is 0 Å². The zero-order valence-corrected chi connectivity index (χ0v) is 46.3. The molecular formula is C52H72N5NdO14. The summed E-state index contributed by atoms with van der Waals surface area (Å²) in [6, 6.07) is 7.78. The van der Waals surface area contributed by atoms with Crippen LogP contribution in [0.25, 0.3) is 44.4 Å². The van der Waals surface area contributed by atoms with Crippen LogP contribution in [0.1, 0.15) is 101 Å². The first-order valence-electron chi connectivity index (χ1n) is 23.9. The Labute approximate surface area is 455 Å². The predicted octanol–water partition coefficient (Wildman–Crippen LogP) is 4.13. The standard InChI is InChI=1S/C48H66N5O10.2C2H4O2.Nd/c1-7-35-36(8-2)40-28-42-38(12-10-14-55)34(4)46(53-42)32-50-44-30-48(63-26-24-61-22-20-59-18-16-57-6)47(62-25-23-60-21-19-58-17-15-56-5)29-43(44)49-31-45-33(3)37(11-9-13-54)41(52-45)27-39(35)51-40;2*1-2(3)4;/h27-32,54-55H,7-26H2,1-6H3;2*1H3,(H,3,4);/q-1;;;+3/p-2. The summed E-state index contributed by atoms with van der Waals surface area (Å²) in [5.41, 5.74) is 12.2. The van der Waals surface area contributed by atoms with Crippen molar-refractivity contribution in [1.82, 2.24) is 24.9 Å². The molecule has 0 fully saturated rings. The maximum atomic E-state index is 9.85. The van der Waals surface area contributed by atoms with Crippen LogP contribution in [-0.2, 0) is 50.9 Å². The molecule has 1 radical (unpaired) electrons. The Morgan fingerprint density at radius 3 is 1.21 bits per heavy atom. The number of methoxy groups -OCH3 is 2. The number of carbonyl (C=O) groups excluding carboxylic acids is 2. The van der Waals surface area contributed by atoms with Gasteiger partial charge in [0.2, 0.25) is 0 Å². The Bertz CT molecular complexity index is 2240. The normalized spacial score (nSPS) is 11.8. The molecule has 2 aromatic heterocycles. The topological polar surface area (TPSA) is 260 Å². The number of carboxylic acid groups (broad SMARTS) is 2. The Kier molecular flexibility index (Phi) is 32.4. The van der Waals surface area contributed by atoms with Gasteiger partial charge < -0.3 is 72.9 Å². The molecule has 2 aliphatic rings. The Morgan fingerprint density at radius 1 is 0.556 bits per heavy atom. The van der Waals surface area contributed by atoms with E-state index in [-0.39, 0.29) is 67.3 Å². The van der Waals surface area contributed by atoms with Gasteiger partial charge in [-0.3, -0.25) is 9.97 Å². The molecule has 5 rings (SSSR count). The van der Waals surface area contributed by atoms with Crippen molar-refractivity contribution < 1.29 is 109 Å². The number of aryl methyl sites for hydroxylation is 2. The first kappa shape index (κ1) is 63.8. The number of aliphatic hydroxyl groups is 2. The number of hydrogen-bond donors (Lipinski definition) is 2. The van der Waals surface area contributed by atoms with E-state index in [1.807, 2.05) is 26.0 Å². The minimum atomic E-state index is -1.08. The maximum Gasteiger partial charge on any atom is 3.00 e. The van der Waals surface area contributed by atoms with E-state index in [4.69, 9.17) is 82.6 Å². The zero-order valence-electron chi connectivity index (χ0n) is 43.1. The van der Waals surface area contributed by atoms with Crippen LogP contribution in [0.15, 0.2) is 36.7 Å². The molecule has 0 spiro atoms. The molecule has 0 saturated heterocycles. The van der Waals surface area contributed by atoms with Gasteiger partial charge in [-0.15, -0.1) is 11.0 Å². The third kappa shape index (κ3) is 22.0. The summed E-state index contributed by atoms with van der Waals surface area (Å²) >= 11 is 0. The number of ether oxygens (including phenoxy) is 8. The summed E-state index contributed by atoms with van der Waals surface area (Å²) < 4.78 is 45.3. The average molecular weight is 1140 g/mol. The Balaban J connectivity index is 0.00000183. The maximum absolute atomic E-state index is 9.85. The fourth-order valence-electron chi connectivity index (χ4n) is 7.33. The van der Waals surface area contributed by atoms with Crippen LogP contribution in [0.2, 0.25) is 0 Å². The van der Waals surface area contributed by atoms with E-state index >= 15 is 0 Å². The predicted molar refractivity (Wildman–Crippen MR) is 266 cm³/mol. The van der Waals surface area contributed by atoms with Gasteiger partial charge in [0.1, 0.15) is 13.2 Å². The van der Waals surface area contributed by atoms with Crippen LogP contribution in [0, 0.1) is 40.8 Å². The molecule has 6 bridgehead atoms. The number of aliphatic hydroxyl groups excluding tert-OH is 2. The van der Waals surface area contributed by atoms with Gasteiger partial charge in [-0.2, -0.15) is 0 Å². The number of aliphatic carboxylic acids is 2. The van der Waals surface area contributed by atoms with E-state index < -0.39 is 11.9 Å². The van der Waals surface area contributed by atoms with Crippen LogP contribution in [0.3, 0.4) is 0 Å². The minimum absolute atomic E-state index is 0. The number of nitrogens with zero attached hydrogens (tertiary/aromatic N) is 5. The largest absolute Gasteiger partial charge is 3.00 e. The van der Waals surface area contributed by atoms with Crippen molar-refractivity contribution in [3.63, 3.8) is 0 Å². The number of aromatic nitrogens is 5. The Morgan fingerprint density at radius 2 is 0.889 bits per heavy atom. The second-order valence-electron chi connectivity index (χ2n) is 15.9. The molecule has 1 aromatic carbocycles. The van der Waals surface area contributed by atoms with Crippen molar-refractivity contribution in [3.05, 3.63) is 70.6 Å². The van der Waals surface area contributed by atoms with Crippen LogP contribution in [0.5, 0.6) is 11.5 Å². The van der Waals surface area contributed by atoms with Crippen molar-refractivity contribution in [1.29, 1.82) is 0 Å². The van der Waals surface area contributed by atoms with Crippen molar-refractivity contribution in [2.45, 2.75) is 80.1 Å². The monoisotopic (exact) mass is 1130 g/mol. The van der Waals surface area contributed by atoms with Gasteiger partial charge in [-0.05, 0) is 88.5 Å². The van der Waals surface area contributed by atoms with Crippen molar-refractivity contribution in [2.75, 3.05) is 107 Å². The Hall–Kier alpha value is -4.29. The number of allylic oxidation sites excluding steroid dienone is 4. The molecule has 393 valence electrons. The molecule has 3 aromatic rings. The van der Waals surface area contributed by atoms with Gasteiger partial charge in [-0.1, -0.05) is 37.1 Å². The number of hydrogen-bond acceptors (Lipinski definition) is 18. The molecule has 19 nitrogen and oxygen atoms in total. The van der Waals surface area contributed by atoms with E-state index in [0.717, 1.165) is 71.4 Å². The van der Waals surface area contributed by atoms with Gasteiger partial charge in [0.15, 0.2) is 11.5 Å². The zero-order chi connectivity index (χ0) is 52.0. The fourth-order valence-corrected chi connectivity index (χ4v) is 7.33. The summed E-state index contributed by atoms with van der Waals surface area (Å²) in [6.07, 6.45) is 7.61. The first-order chi connectivity index (χ1) is 34.3. The fraction of sp³-hybridized carbons (Fsp3) is 0.538. The van der Waals surface area contributed by atoms with Crippen LogP contribution in [0.4, 0.5) is 0 Å². The molecule has 0 saturated carbocycles. The molecule has 0 atom stereocenters. The molecule has 72 heavy (non-hydrogen) atoms. The molecule has 0 aliphatic carbocycles. The third-order valence-corrected chi connectivity index (χ3v) is 10.7. The quantitative estimate of drug-likeness (QED) is 0.0969. The molecule has 2 aliphatic heterocycles. The van der Waals surface area contributed by atoms with Crippen LogP contribution < -0.4 is 24.7 Å². The van der Waals surface area contributed by atoms with Crippen molar-refractivity contribution in [3.8, 4) is 11.5 Å². The van der Waals surface area contributed by atoms with Gasteiger partial charge in [0.25, 0.3) is 0 Å². The van der Waals surface area contributed by atoms with E-state index in [1.54, 1.807) is 26.6 Å². The number of carbonyl (C=O) groups is 2. The van der Waals surface area contributed by atoms with E-state index in [1.165, 1.54) is 11.1 Å². The molecule has 4 heterocycles. The molecular weight excluding hydrogens is 1060 g/mol. The van der Waals surface area contributed by atoms with Crippen molar-refractivity contribution >= 4 is 56.3 Å². The van der Waals surface area contributed by atoms with Crippen molar-refractivity contribution in [2.24, 2.45) is 0 Å². The summed E-state index contributed by atoms with van der Waals surface area (Å²) in [6.45, 7) is 15.4. The van der Waals surface area contributed by atoms with E-state index in [2.05, 4.69) is 26.0 Å².